The third-order valence-corrected chi connectivity index (χ3v) is 4.62. The highest BCUT2D eigenvalue weighted by molar-refractivity contribution is 7.15. The predicted octanol–water partition coefficient (Wildman–Crippen LogP) is 2.36. The number of benzene rings is 1. The van der Waals surface area contributed by atoms with Crippen LogP contribution in [0.5, 0.6) is 0 Å². The van der Waals surface area contributed by atoms with E-state index in [1.807, 2.05) is 0 Å². The monoisotopic (exact) mass is 302 g/mol. The van der Waals surface area contributed by atoms with Gasteiger partial charge in [-0.2, -0.15) is 0 Å². The van der Waals surface area contributed by atoms with Crippen LogP contribution in [-0.2, 0) is 13.0 Å². The summed E-state index contributed by atoms with van der Waals surface area (Å²) in [5, 5.41) is 3.54. The fraction of sp³-hybridized carbons (Fsp3) is 0.333. The Morgan fingerprint density at radius 2 is 2.38 bits per heavy atom. The number of aromatic nitrogens is 1. The maximum absolute atomic E-state index is 12.2. The number of fused-ring (bicyclic) bond motifs is 1. The molecule has 1 aromatic carbocycles. The zero-order valence-electron chi connectivity index (χ0n) is 11.9. The first-order chi connectivity index (χ1) is 10.2. The van der Waals surface area contributed by atoms with Crippen molar-refractivity contribution in [1.82, 2.24) is 9.88 Å². The van der Waals surface area contributed by atoms with E-state index >= 15 is 0 Å². The molecule has 5 nitrogen and oxygen atoms in total. The second kappa shape index (κ2) is 5.83. The summed E-state index contributed by atoms with van der Waals surface area (Å²) in [6.45, 7) is 5.17. The van der Waals surface area contributed by atoms with E-state index in [1.54, 1.807) is 35.6 Å². The number of carbonyl (C=O) groups is 1. The number of rotatable bonds is 3. The molecule has 0 saturated carbocycles. The van der Waals surface area contributed by atoms with Crippen LogP contribution in [0, 0.1) is 0 Å². The molecule has 0 radical (unpaired) electrons. The summed E-state index contributed by atoms with van der Waals surface area (Å²) >= 11 is 1.57. The molecule has 0 unspecified atom stereocenters. The third-order valence-electron chi connectivity index (χ3n) is 3.63. The average molecular weight is 302 g/mol. The van der Waals surface area contributed by atoms with Gasteiger partial charge >= 0.3 is 0 Å². The molecule has 1 aliphatic rings. The summed E-state index contributed by atoms with van der Waals surface area (Å²) in [6, 6.07) is 6.95. The highest BCUT2D eigenvalue weighted by Crippen LogP contribution is 2.28. The number of amides is 1. The number of anilines is 2. The van der Waals surface area contributed by atoms with Crippen molar-refractivity contribution < 1.29 is 4.79 Å². The van der Waals surface area contributed by atoms with E-state index in [0.717, 1.165) is 31.7 Å². The Balaban J connectivity index is 1.74. The van der Waals surface area contributed by atoms with Crippen molar-refractivity contribution in [2.75, 3.05) is 24.1 Å². The molecule has 3 N–H and O–H groups in total. The molecule has 6 heteroatoms. The lowest BCUT2D eigenvalue weighted by Crippen LogP contribution is -2.29. The summed E-state index contributed by atoms with van der Waals surface area (Å²) in [7, 11) is 0. The molecule has 1 aromatic heterocycles. The number of thiazole rings is 1. The summed E-state index contributed by atoms with van der Waals surface area (Å²) in [6.07, 6.45) is 0.952. The first-order valence-corrected chi connectivity index (χ1v) is 7.85. The van der Waals surface area contributed by atoms with Crippen LogP contribution >= 0.6 is 11.3 Å². The van der Waals surface area contributed by atoms with Crippen molar-refractivity contribution in [3.8, 4) is 0 Å². The van der Waals surface area contributed by atoms with Gasteiger partial charge in [0.25, 0.3) is 5.91 Å². The molecule has 0 bridgehead atoms. The smallest absolute Gasteiger partial charge is 0.257 e. The summed E-state index contributed by atoms with van der Waals surface area (Å²) < 4.78 is 0. The molecule has 2 aromatic rings. The van der Waals surface area contributed by atoms with Crippen LogP contribution in [-0.4, -0.2) is 28.9 Å². The highest BCUT2D eigenvalue weighted by atomic mass is 32.1. The molecule has 110 valence electrons. The first-order valence-electron chi connectivity index (χ1n) is 7.03. The van der Waals surface area contributed by atoms with Gasteiger partial charge in [0, 0.05) is 35.6 Å². The molecule has 2 heterocycles. The Morgan fingerprint density at radius 3 is 3.14 bits per heavy atom. The number of hydrogen-bond donors (Lipinski definition) is 2. The highest BCUT2D eigenvalue weighted by Gasteiger charge is 2.20. The summed E-state index contributed by atoms with van der Waals surface area (Å²) in [5.74, 6) is -0.166. The van der Waals surface area contributed by atoms with Gasteiger partial charge in [0.2, 0.25) is 0 Å². The molecule has 1 aliphatic heterocycles. The molecular weight excluding hydrogens is 284 g/mol. The van der Waals surface area contributed by atoms with Gasteiger partial charge in [-0.25, -0.2) is 4.98 Å². The zero-order chi connectivity index (χ0) is 14.8. The van der Waals surface area contributed by atoms with Crippen LogP contribution in [0.2, 0.25) is 0 Å². The largest absolute Gasteiger partial charge is 0.399 e. The lowest BCUT2D eigenvalue weighted by Gasteiger charge is -2.23. The number of likely N-dealkylation sites (N-methyl/N-ethyl adjacent to an activating group) is 1. The van der Waals surface area contributed by atoms with Crippen LogP contribution in [0.1, 0.15) is 27.9 Å². The van der Waals surface area contributed by atoms with Crippen molar-refractivity contribution in [2.45, 2.75) is 19.9 Å². The van der Waals surface area contributed by atoms with E-state index in [4.69, 9.17) is 5.73 Å². The molecule has 21 heavy (non-hydrogen) atoms. The Bertz CT molecular complexity index is 667. The molecule has 0 saturated heterocycles. The Kier molecular flexibility index (Phi) is 3.90. The Labute approximate surface area is 127 Å². The van der Waals surface area contributed by atoms with Gasteiger partial charge in [-0.1, -0.05) is 13.0 Å². The van der Waals surface area contributed by atoms with Crippen molar-refractivity contribution >= 4 is 28.1 Å². The fourth-order valence-electron chi connectivity index (χ4n) is 2.42. The van der Waals surface area contributed by atoms with Gasteiger partial charge < -0.3 is 5.73 Å². The lowest BCUT2D eigenvalue weighted by molar-refractivity contribution is 0.102. The minimum absolute atomic E-state index is 0.166. The van der Waals surface area contributed by atoms with Crippen LogP contribution in [0.15, 0.2) is 24.3 Å². The molecule has 3 rings (SSSR count). The summed E-state index contributed by atoms with van der Waals surface area (Å²) in [4.78, 5) is 20.4. The molecule has 0 atom stereocenters. The van der Waals surface area contributed by atoms with Gasteiger partial charge in [-0.05, 0) is 24.7 Å². The standard InChI is InChI=1S/C15H18N4OS/c1-2-19-7-6-12-13(9-19)21-15(17-12)18-14(20)10-4-3-5-11(16)8-10/h3-5,8H,2,6-7,9,16H2,1H3,(H,17,18,20). The van der Waals surface area contributed by atoms with Crippen molar-refractivity contribution in [3.05, 3.63) is 40.4 Å². The average Bonchev–Trinajstić information content (AvgIpc) is 2.88. The molecule has 1 amide bonds. The second-order valence-corrected chi connectivity index (χ2v) is 6.17. The van der Waals surface area contributed by atoms with E-state index < -0.39 is 0 Å². The SMILES string of the molecule is CCN1CCc2nc(NC(=O)c3cccc(N)c3)sc2C1. The lowest BCUT2D eigenvalue weighted by atomic mass is 10.2. The van der Waals surface area contributed by atoms with E-state index in [9.17, 15) is 4.79 Å². The number of nitrogen functional groups attached to an aromatic ring is 1. The number of carbonyl (C=O) groups excluding carboxylic acids is 1. The minimum Gasteiger partial charge on any atom is -0.399 e. The normalized spacial score (nSPS) is 14.7. The van der Waals surface area contributed by atoms with Gasteiger partial charge in [-0.15, -0.1) is 11.3 Å². The van der Waals surface area contributed by atoms with Gasteiger partial charge in [0.1, 0.15) is 0 Å². The zero-order valence-corrected chi connectivity index (χ0v) is 12.7. The van der Waals surface area contributed by atoms with Crippen molar-refractivity contribution in [3.63, 3.8) is 0 Å². The Hall–Kier alpha value is -1.92. The predicted molar refractivity (Wildman–Crippen MR) is 85.6 cm³/mol. The van der Waals surface area contributed by atoms with Crippen LogP contribution in [0.25, 0.3) is 0 Å². The topological polar surface area (TPSA) is 71.2 Å². The maximum atomic E-state index is 12.2. The van der Waals surface area contributed by atoms with E-state index in [0.29, 0.717) is 16.4 Å². The molecule has 0 fully saturated rings. The van der Waals surface area contributed by atoms with E-state index in [1.165, 1.54) is 4.88 Å². The van der Waals surface area contributed by atoms with Gasteiger partial charge in [0.15, 0.2) is 5.13 Å². The first kappa shape index (κ1) is 14.0. The van der Waals surface area contributed by atoms with Crippen molar-refractivity contribution in [1.29, 1.82) is 0 Å². The minimum atomic E-state index is -0.166. The number of nitrogens with one attached hydrogen (secondary N) is 1. The maximum Gasteiger partial charge on any atom is 0.257 e. The van der Waals surface area contributed by atoms with Gasteiger partial charge in [0.05, 0.1) is 5.69 Å². The van der Waals surface area contributed by atoms with E-state index in [-0.39, 0.29) is 5.91 Å². The molecule has 0 spiro atoms. The second-order valence-electron chi connectivity index (χ2n) is 5.09. The quantitative estimate of drug-likeness (QED) is 0.854. The number of nitrogens with zero attached hydrogens (tertiary/aromatic N) is 2. The summed E-state index contributed by atoms with van der Waals surface area (Å²) in [5.41, 5.74) is 7.96. The number of hydrogen-bond acceptors (Lipinski definition) is 5. The molecular formula is C15H18N4OS. The van der Waals surface area contributed by atoms with Crippen LogP contribution in [0.3, 0.4) is 0 Å². The molecule has 0 aliphatic carbocycles. The van der Waals surface area contributed by atoms with Gasteiger partial charge in [-0.3, -0.25) is 15.0 Å². The van der Waals surface area contributed by atoms with Crippen LogP contribution < -0.4 is 11.1 Å². The van der Waals surface area contributed by atoms with Crippen molar-refractivity contribution in [2.24, 2.45) is 0 Å². The van der Waals surface area contributed by atoms with E-state index in [2.05, 4.69) is 22.1 Å². The third kappa shape index (κ3) is 3.06. The Morgan fingerprint density at radius 1 is 1.52 bits per heavy atom. The van der Waals surface area contributed by atoms with Crippen LogP contribution in [0.4, 0.5) is 10.8 Å². The number of nitrogens with two attached hydrogens (primary N) is 1. The fourth-order valence-corrected chi connectivity index (χ4v) is 3.47.